The molecule has 1 fully saturated rings. The molecule has 0 saturated carbocycles. The molecular weight excluding hydrogens is 494 g/mol. The van der Waals surface area contributed by atoms with Crippen molar-refractivity contribution in [1.82, 2.24) is 14.7 Å². The second-order valence-corrected chi connectivity index (χ2v) is 9.10. The summed E-state index contributed by atoms with van der Waals surface area (Å²) in [5.41, 5.74) is 2.33. The molecule has 0 unspecified atom stereocenters. The number of piperazine rings is 1. The molecule has 0 atom stereocenters. The Balaban J connectivity index is 0.000000934. The number of amides is 1. The smallest absolute Gasteiger partial charge is 0.259 e. The van der Waals surface area contributed by atoms with Crippen molar-refractivity contribution in [2.45, 2.75) is 26.9 Å². The SMILES string of the molecule is CC(C)O.Cc1c(C(=O)Nc2ccc(N3CCN(CCO)CC3)c(C#N)c2)cnn1-c1ccc(F)cc1F. The van der Waals surface area contributed by atoms with E-state index >= 15 is 0 Å². The van der Waals surface area contributed by atoms with Crippen molar-refractivity contribution >= 4 is 17.3 Å². The molecule has 4 rings (SSSR count). The molecule has 0 bridgehead atoms. The molecule has 0 radical (unpaired) electrons. The number of hydrogen-bond acceptors (Lipinski definition) is 7. The normalized spacial score (nSPS) is 13.6. The summed E-state index contributed by atoms with van der Waals surface area (Å²) >= 11 is 0. The number of β-amino-alcohol motifs (C(OH)–C–C–N with tert-alkyl or cyclic N) is 1. The van der Waals surface area contributed by atoms with Crippen LogP contribution in [0, 0.1) is 29.9 Å². The minimum absolute atomic E-state index is 0.0353. The Morgan fingerprint density at radius 1 is 1.13 bits per heavy atom. The summed E-state index contributed by atoms with van der Waals surface area (Å²) in [7, 11) is 0. The van der Waals surface area contributed by atoms with Crippen molar-refractivity contribution < 1.29 is 23.8 Å². The Labute approximate surface area is 220 Å². The lowest BCUT2D eigenvalue weighted by Crippen LogP contribution is -2.47. The number of anilines is 2. The number of aromatic nitrogens is 2. The number of hydrogen-bond donors (Lipinski definition) is 3. The predicted octanol–water partition coefficient (Wildman–Crippen LogP) is 3.08. The van der Waals surface area contributed by atoms with Gasteiger partial charge < -0.3 is 20.4 Å². The van der Waals surface area contributed by atoms with Crippen molar-refractivity contribution in [3.05, 3.63) is 71.1 Å². The lowest BCUT2D eigenvalue weighted by atomic mass is 10.1. The molecule has 3 aromatic rings. The molecule has 1 amide bonds. The number of halogens is 2. The molecule has 0 spiro atoms. The summed E-state index contributed by atoms with van der Waals surface area (Å²) in [5, 5.41) is 33.7. The van der Waals surface area contributed by atoms with Crippen LogP contribution in [0.3, 0.4) is 0 Å². The highest BCUT2D eigenvalue weighted by Gasteiger charge is 2.21. The maximum Gasteiger partial charge on any atom is 0.259 e. The standard InChI is InChI=1S/C24H24F2N6O2.C3H8O/c1-16-20(15-28-32(16)23-4-2-18(25)13-21(23)26)24(34)29-19-3-5-22(17(12-19)14-27)31-8-6-30(7-9-31)10-11-33;1-3(2)4/h2-5,12-13,15,33H,6-11H2,1H3,(H,29,34);3-4H,1-2H3. The van der Waals surface area contributed by atoms with Gasteiger partial charge in [0.2, 0.25) is 0 Å². The van der Waals surface area contributed by atoms with E-state index in [1.807, 2.05) is 0 Å². The average Bonchev–Trinajstić information content (AvgIpc) is 3.25. The molecule has 1 aliphatic heterocycles. The van der Waals surface area contributed by atoms with Crippen LogP contribution in [0.15, 0.2) is 42.6 Å². The van der Waals surface area contributed by atoms with Crippen LogP contribution >= 0.6 is 0 Å². The van der Waals surface area contributed by atoms with E-state index in [4.69, 9.17) is 10.2 Å². The highest BCUT2D eigenvalue weighted by atomic mass is 19.1. The van der Waals surface area contributed by atoms with E-state index in [0.29, 0.717) is 23.5 Å². The first-order valence-corrected chi connectivity index (χ1v) is 12.3. The molecule has 11 heteroatoms. The predicted molar refractivity (Wildman–Crippen MR) is 140 cm³/mol. The minimum Gasteiger partial charge on any atom is -0.395 e. The number of benzene rings is 2. The monoisotopic (exact) mass is 526 g/mol. The number of aliphatic hydroxyl groups is 2. The van der Waals surface area contributed by atoms with Crippen molar-refractivity contribution in [3.8, 4) is 11.8 Å². The Hall–Kier alpha value is -3.85. The zero-order chi connectivity index (χ0) is 27.8. The van der Waals surface area contributed by atoms with Crippen LogP contribution in [-0.2, 0) is 0 Å². The molecule has 202 valence electrons. The maximum absolute atomic E-state index is 14.2. The molecule has 1 aliphatic rings. The van der Waals surface area contributed by atoms with Crippen molar-refractivity contribution in [3.63, 3.8) is 0 Å². The van der Waals surface area contributed by atoms with E-state index in [1.54, 1.807) is 39.0 Å². The summed E-state index contributed by atoms with van der Waals surface area (Å²) in [4.78, 5) is 17.1. The van der Waals surface area contributed by atoms with Gasteiger partial charge >= 0.3 is 0 Å². The van der Waals surface area contributed by atoms with E-state index in [9.17, 15) is 18.8 Å². The fourth-order valence-corrected chi connectivity index (χ4v) is 4.06. The number of nitrogens with one attached hydrogen (secondary N) is 1. The average molecular weight is 527 g/mol. The second-order valence-electron chi connectivity index (χ2n) is 9.10. The Morgan fingerprint density at radius 3 is 2.39 bits per heavy atom. The molecular formula is C27H32F2N6O3. The van der Waals surface area contributed by atoms with Gasteiger partial charge in [-0.1, -0.05) is 0 Å². The summed E-state index contributed by atoms with van der Waals surface area (Å²) in [6.45, 7) is 8.87. The van der Waals surface area contributed by atoms with Gasteiger partial charge in [-0.05, 0) is 51.1 Å². The van der Waals surface area contributed by atoms with Gasteiger partial charge in [-0.3, -0.25) is 9.69 Å². The Morgan fingerprint density at radius 2 is 1.79 bits per heavy atom. The van der Waals surface area contributed by atoms with E-state index < -0.39 is 17.5 Å². The number of aliphatic hydroxyl groups excluding tert-OH is 2. The van der Waals surface area contributed by atoms with Gasteiger partial charge in [0, 0.05) is 50.6 Å². The fraction of sp³-hybridized carbons (Fsp3) is 0.370. The fourth-order valence-electron chi connectivity index (χ4n) is 4.06. The number of carbonyl (C=O) groups is 1. The van der Waals surface area contributed by atoms with E-state index in [2.05, 4.69) is 26.3 Å². The van der Waals surface area contributed by atoms with Gasteiger partial charge in [-0.2, -0.15) is 10.4 Å². The van der Waals surface area contributed by atoms with Crippen LogP contribution in [-0.4, -0.2) is 76.2 Å². The van der Waals surface area contributed by atoms with Crippen LogP contribution in [0.5, 0.6) is 0 Å². The van der Waals surface area contributed by atoms with Gasteiger partial charge in [-0.15, -0.1) is 0 Å². The first kappa shape index (κ1) is 28.7. The number of carbonyl (C=O) groups excluding carboxylic acids is 1. The summed E-state index contributed by atoms with van der Waals surface area (Å²) in [6.07, 6.45) is 1.15. The van der Waals surface area contributed by atoms with Gasteiger partial charge in [0.15, 0.2) is 5.82 Å². The molecule has 0 aliphatic carbocycles. The number of rotatable bonds is 6. The van der Waals surface area contributed by atoms with Gasteiger partial charge in [0.1, 0.15) is 17.6 Å². The first-order valence-electron chi connectivity index (χ1n) is 12.3. The second kappa shape index (κ2) is 13.1. The topological polar surface area (TPSA) is 118 Å². The van der Waals surface area contributed by atoms with Crippen LogP contribution < -0.4 is 10.2 Å². The third-order valence-corrected chi connectivity index (χ3v) is 5.90. The van der Waals surface area contributed by atoms with E-state index in [-0.39, 0.29) is 24.0 Å². The van der Waals surface area contributed by atoms with E-state index in [1.165, 1.54) is 16.9 Å². The van der Waals surface area contributed by atoms with Gasteiger partial charge in [0.05, 0.1) is 35.3 Å². The van der Waals surface area contributed by atoms with E-state index in [0.717, 1.165) is 44.0 Å². The molecule has 2 aromatic carbocycles. The van der Waals surface area contributed by atoms with Gasteiger partial charge in [0.25, 0.3) is 5.91 Å². The molecule has 9 nitrogen and oxygen atoms in total. The molecule has 1 saturated heterocycles. The minimum atomic E-state index is -0.787. The summed E-state index contributed by atoms with van der Waals surface area (Å²) < 4.78 is 28.6. The quantitative estimate of drug-likeness (QED) is 0.452. The molecule has 1 aromatic heterocycles. The molecule has 2 heterocycles. The Bertz CT molecular complexity index is 1290. The largest absolute Gasteiger partial charge is 0.395 e. The Kier molecular flexibility index (Phi) is 9.90. The first-order chi connectivity index (χ1) is 18.1. The molecule has 38 heavy (non-hydrogen) atoms. The van der Waals surface area contributed by atoms with Crippen molar-refractivity contribution in [2.75, 3.05) is 49.5 Å². The number of nitriles is 1. The van der Waals surface area contributed by atoms with Crippen LogP contribution in [0.1, 0.15) is 35.5 Å². The lowest BCUT2D eigenvalue weighted by Gasteiger charge is -2.36. The van der Waals surface area contributed by atoms with Crippen molar-refractivity contribution in [1.29, 1.82) is 5.26 Å². The van der Waals surface area contributed by atoms with Crippen LogP contribution in [0.25, 0.3) is 5.69 Å². The zero-order valence-electron chi connectivity index (χ0n) is 21.7. The third kappa shape index (κ3) is 7.13. The number of nitrogens with zero attached hydrogens (tertiary/aromatic N) is 5. The lowest BCUT2D eigenvalue weighted by molar-refractivity contribution is 0.102. The zero-order valence-corrected chi connectivity index (χ0v) is 21.7. The highest BCUT2D eigenvalue weighted by molar-refractivity contribution is 6.05. The summed E-state index contributed by atoms with van der Waals surface area (Å²) in [6, 6.07) is 10.5. The highest BCUT2D eigenvalue weighted by Crippen LogP contribution is 2.26. The maximum atomic E-state index is 14.2. The third-order valence-electron chi connectivity index (χ3n) is 5.90. The van der Waals surface area contributed by atoms with Crippen LogP contribution in [0.4, 0.5) is 20.2 Å². The molecule has 3 N–H and O–H groups in total. The van der Waals surface area contributed by atoms with Crippen LogP contribution in [0.2, 0.25) is 0 Å². The summed E-state index contributed by atoms with van der Waals surface area (Å²) in [5.74, 6) is -1.95. The van der Waals surface area contributed by atoms with Gasteiger partial charge in [-0.25, -0.2) is 13.5 Å². The van der Waals surface area contributed by atoms with Crippen molar-refractivity contribution in [2.24, 2.45) is 0 Å².